The van der Waals surface area contributed by atoms with E-state index in [1.54, 1.807) is 24.7 Å². The lowest BCUT2D eigenvalue weighted by Crippen LogP contribution is -2.22. The molecule has 4 aromatic heterocycles. The van der Waals surface area contributed by atoms with Crippen molar-refractivity contribution in [3.05, 3.63) is 65.1 Å². The highest BCUT2D eigenvalue weighted by molar-refractivity contribution is 6.76. The number of aliphatic hydroxyl groups excluding tert-OH is 1. The molecule has 0 amide bonds. The van der Waals surface area contributed by atoms with Gasteiger partial charge in [-0.15, -0.1) is 0 Å². The second-order valence-corrected chi connectivity index (χ2v) is 17.0. The quantitative estimate of drug-likeness (QED) is 0.0782. The molecule has 0 saturated heterocycles. The Morgan fingerprint density at radius 3 is 2.56 bits per heavy atom. The van der Waals surface area contributed by atoms with Crippen LogP contribution in [0.15, 0.2) is 49.1 Å². The molecule has 41 heavy (non-hydrogen) atoms. The van der Waals surface area contributed by atoms with Crippen molar-refractivity contribution >= 4 is 53.3 Å². The lowest BCUT2D eigenvalue weighted by Gasteiger charge is -2.15. The molecule has 0 radical (unpaired) electrons. The van der Waals surface area contributed by atoms with Gasteiger partial charge in [-0.05, 0) is 47.0 Å². The summed E-state index contributed by atoms with van der Waals surface area (Å²) in [7, 11) is -1.22. The van der Waals surface area contributed by atoms with Crippen molar-refractivity contribution in [3.8, 4) is 22.8 Å². The van der Waals surface area contributed by atoms with Gasteiger partial charge in [-0.1, -0.05) is 37.3 Å². The number of halogens is 2. The Balaban J connectivity index is 1.35. The summed E-state index contributed by atoms with van der Waals surface area (Å²) >= 11 is 12.7. The molecule has 5 aromatic rings. The first-order valence-corrected chi connectivity index (χ1v) is 17.5. The van der Waals surface area contributed by atoms with Gasteiger partial charge in [0.05, 0.1) is 35.4 Å². The van der Waals surface area contributed by atoms with E-state index in [1.165, 1.54) is 0 Å². The molecule has 0 aliphatic rings. The third-order valence-electron chi connectivity index (χ3n) is 6.26. The molecule has 0 atom stereocenters. The highest BCUT2D eigenvalue weighted by atomic mass is 35.5. The molecule has 1 N–H and O–H groups in total. The van der Waals surface area contributed by atoms with Crippen molar-refractivity contribution in [2.45, 2.75) is 39.0 Å². The molecule has 0 bridgehead atoms. The van der Waals surface area contributed by atoms with Gasteiger partial charge >= 0.3 is 0 Å². The number of aliphatic hydroxyl groups is 1. The Bertz CT molecular complexity index is 1680. The third-order valence-corrected chi connectivity index (χ3v) is 8.40. The maximum Gasteiger partial charge on any atom is 0.233 e. The number of nitrogens with zero attached hydrogens (tertiary/aromatic N) is 6. The van der Waals surface area contributed by atoms with Crippen LogP contribution in [-0.2, 0) is 18.1 Å². The minimum absolute atomic E-state index is 0.0722. The molecule has 214 valence electrons. The maximum absolute atomic E-state index is 9.25. The van der Waals surface area contributed by atoms with Crippen LogP contribution in [0.5, 0.6) is 11.6 Å². The number of benzene rings is 1. The Labute approximate surface area is 248 Å². The van der Waals surface area contributed by atoms with Crippen LogP contribution in [0.2, 0.25) is 36.1 Å². The molecule has 0 aliphatic carbocycles. The second-order valence-electron chi connectivity index (χ2n) is 10.6. The van der Waals surface area contributed by atoms with E-state index < -0.39 is 8.07 Å². The third kappa shape index (κ3) is 7.30. The summed E-state index contributed by atoms with van der Waals surface area (Å²) in [4.78, 5) is 21.8. The molecule has 1 aromatic carbocycles. The minimum atomic E-state index is -1.22. The average molecular weight is 614 g/mol. The van der Waals surface area contributed by atoms with Crippen LogP contribution in [0.25, 0.3) is 33.2 Å². The van der Waals surface area contributed by atoms with Crippen LogP contribution in [0.1, 0.15) is 5.56 Å². The van der Waals surface area contributed by atoms with Crippen LogP contribution in [0.4, 0.5) is 0 Å². The lowest BCUT2D eigenvalue weighted by molar-refractivity contribution is 0.0899. The molecule has 0 fully saturated rings. The standard InChI is InChI=1S/C28H30Cl2N6O4Si/c1-41(2,3)9-8-38-17-36-15-21(25-26(29)34-28(30)35-27(25)36)19-4-5-22-23(11-19)33-24(14-32-22)40-7-6-39-20-10-18(16-37)12-31-13-20/h4-5,10-15,37H,6-9,16-17H2,1-3H3. The van der Waals surface area contributed by atoms with Crippen LogP contribution < -0.4 is 9.47 Å². The largest absolute Gasteiger partial charge is 0.488 e. The number of ether oxygens (including phenoxy) is 3. The molecule has 0 saturated carbocycles. The molecule has 5 rings (SSSR count). The van der Waals surface area contributed by atoms with Crippen molar-refractivity contribution < 1.29 is 19.3 Å². The van der Waals surface area contributed by atoms with E-state index >= 15 is 0 Å². The van der Waals surface area contributed by atoms with Gasteiger partial charge < -0.3 is 23.9 Å². The SMILES string of the molecule is C[Si](C)(C)CCOCn1cc(-c2ccc3ncc(OCCOc4cncc(CO)c4)nc3c2)c2c(Cl)nc(Cl)nc21. The van der Waals surface area contributed by atoms with Crippen LogP contribution >= 0.6 is 23.2 Å². The number of aromatic nitrogens is 6. The summed E-state index contributed by atoms with van der Waals surface area (Å²) in [6.07, 6.45) is 6.69. The van der Waals surface area contributed by atoms with E-state index in [2.05, 4.69) is 44.6 Å². The van der Waals surface area contributed by atoms with Gasteiger partial charge in [0.15, 0.2) is 0 Å². The maximum atomic E-state index is 9.25. The Kier molecular flexibility index (Phi) is 9.00. The van der Waals surface area contributed by atoms with Crippen molar-refractivity contribution in [3.63, 3.8) is 0 Å². The first kappa shape index (κ1) is 29.1. The van der Waals surface area contributed by atoms with Crippen molar-refractivity contribution in [1.82, 2.24) is 29.5 Å². The fourth-order valence-corrected chi connectivity index (χ4v) is 5.37. The molecule has 0 spiro atoms. The van der Waals surface area contributed by atoms with Crippen molar-refractivity contribution in [2.75, 3.05) is 19.8 Å². The normalized spacial score (nSPS) is 11.9. The fraction of sp³-hybridized carbons (Fsp3) is 0.321. The predicted molar refractivity (Wildman–Crippen MR) is 161 cm³/mol. The van der Waals surface area contributed by atoms with Gasteiger partial charge in [0.2, 0.25) is 11.2 Å². The molecular weight excluding hydrogens is 583 g/mol. The molecule has 0 aliphatic heterocycles. The molecule has 0 unspecified atom stereocenters. The van der Waals surface area contributed by atoms with Gasteiger partial charge in [-0.25, -0.2) is 15.0 Å². The van der Waals surface area contributed by atoms with E-state index in [4.69, 9.17) is 37.4 Å². The first-order valence-electron chi connectivity index (χ1n) is 13.1. The summed E-state index contributed by atoms with van der Waals surface area (Å²) in [6, 6.07) is 8.56. The zero-order valence-corrected chi connectivity index (χ0v) is 25.5. The van der Waals surface area contributed by atoms with E-state index in [0.29, 0.717) is 52.6 Å². The Hall–Kier alpha value is -3.35. The number of hydrogen-bond acceptors (Lipinski definition) is 9. The van der Waals surface area contributed by atoms with E-state index in [1.807, 2.05) is 29.0 Å². The molecule has 10 nitrogen and oxygen atoms in total. The Morgan fingerprint density at radius 2 is 1.76 bits per heavy atom. The molecule has 4 heterocycles. The van der Waals surface area contributed by atoms with Gasteiger partial charge in [0.1, 0.15) is 36.5 Å². The van der Waals surface area contributed by atoms with Gasteiger partial charge in [0, 0.05) is 32.6 Å². The number of hydrogen-bond donors (Lipinski definition) is 1. The fourth-order valence-electron chi connectivity index (χ4n) is 4.14. The molecular formula is C28H30Cl2N6O4Si. The van der Waals surface area contributed by atoms with Gasteiger partial charge in [-0.3, -0.25) is 4.98 Å². The summed E-state index contributed by atoms with van der Waals surface area (Å²) in [5.41, 5.74) is 4.33. The summed E-state index contributed by atoms with van der Waals surface area (Å²) < 4.78 is 19.3. The number of pyridine rings is 1. The van der Waals surface area contributed by atoms with E-state index in [-0.39, 0.29) is 30.3 Å². The highest BCUT2D eigenvalue weighted by Crippen LogP contribution is 2.35. The predicted octanol–water partition coefficient (Wildman–Crippen LogP) is 6.01. The van der Waals surface area contributed by atoms with Crippen molar-refractivity contribution in [1.29, 1.82) is 0 Å². The smallest absolute Gasteiger partial charge is 0.233 e. The summed E-state index contributed by atoms with van der Waals surface area (Å²) in [5.74, 6) is 0.922. The first-order chi connectivity index (χ1) is 19.7. The molecule has 13 heteroatoms. The zero-order valence-electron chi connectivity index (χ0n) is 23.0. The minimum Gasteiger partial charge on any atom is -0.488 e. The second kappa shape index (κ2) is 12.7. The number of rotatable bonds is 12. The monoisotopic (exact) mass is 612 g/mol. The van der Waals surface area contributed by atoms with Crippen LogP contribution in [0.3, 0.4) is 0 Å². The topological polar surface area (TPSA) is 117 Å². The van der Waals surface area contributed by atoms with E-state index in [9.17, 15) is 5.11 Å². The van der Waals surface area contributed by atoms with Gasteiger partial charge in [0.25, 0.3) is 0 Å². The summed E-state index contributed by atoms with van der Waals surface area (Å²) in [5, 5.41) is 10.3. The van der Waals surface area contributed by atoms with Crippen molar-refractivity contribution in [2.24, 2.45) is 0 Å². The summed E-state index contributed by atoms with van der Waals surface area (Å²) in [6.45, 7) is 8.36. The van der Waals surface area contributed by atoms with Crippen LogP contribution in [-0.4, -0.2) is 62.5 Å². The highest BCUT2D eigenvalue weighted by Gasteiger charge is 2.19. The van der Waals surface area contributed by atoms with E-state index in [0.717, 1.165) is 17.2 Å². The zero-order chi connectivity index (χ0) is 29.0. The average Bonchev–Trinajstić information content (AvgIpc) is 3.31. The van der Waals surface area contributed by atoms with Gasteiger partial charge in [-0.2, -0.15) is 4.98 Å². The Morgan fingerprint density at radius 1 is 0.927 bits per heavy atom. The lowest BCUT2D eigenvalue weighted by atomic mass is 10.1. The van der Waals surface area contributed by atoms with Crippen LogP contribution in [0, 0.1) is 0 Å². The number of fused-ring (bicyclic) bond motifs is 2.